The number of rotatable bonds is 4. The number of carbonyl (C=O) groups excluding carboxylic acids is 1. The first-order chi connectivity index (χ1) is 12.0. The smallest absolute Gasteiger partial charge is 0.391 e. The average Bonchev–Trinajstić information content (AvgIpc) is 2.52. The number of benzene rings is 1. The lowest BCUT2D eigenvalue weighted by Crippen LogP contribution is -2.42. The minimum Gasteiger partial charge on any atom is -0.508 e. The second-order valence-electron chi connectivity index (χ2n) is 7.27. The molecule has 0 bridgehead atoms. The lowest BCUT2D eigenvalue weighted by Gasteiger charge is -2.39. The molecule has 26 heavy (non-hydrogen) atoms. The monoisotopic (exact) mass is 370 g/mol. The van der Waals surface area contributed by atoms with Gasteiger partial charge in [0.05, 0.1) is 5.92 Å². The highest BCUT2D eigenvalue weighted by molar-refractivity contribution is 5.72. The van der Waals surface area contributed by atoms with Gasteiger partial charge in [-0.05, 0) is 75.6 Å². The number of hydrogen-bond acceptors (Lipinski definition) is 3. The largest absolute Gasteiger partial charge is 0.508 e. The first kappa shape index (κ1) is 20.3. The molecule has 6 heteroatoms. The van der Waals surface area contributed by atoms with Crippen LogP contribution in [0.2, 0.25) is 0 Å². The van der Waals surface area contributed by atoms with Gasteiger partial charge in [0.1, 0.15) is 5.76 Å². The van der Waals surface area contributed by atoms with E-state index >= 15 is 0 Å². The van der Waals surface area contributed by atoms with E-state index in [2.05, 4.69) is 0 Å². The fraction of sp³-hybridized carbons (Fsp3) is 0.550. The van der Waals surface area contributed by atoms with E-state index < -0.39 is 17.7 Å². The summed E-state index contributed by atoms with van der Waals surface area (Å²) in [4.78, 5) is 11.0. The van der Waals surface area contributed by atoms with Gasteiger partial charge in [0.2, 0.25) is 0 Å². The number of aliphatic hydroxyl groups is 1. The van der Waals surface area contributed by atoms with Crippen LogP contribution in [-0.4, -0.2) is 23.4 Å². The van der Waals surface area contributed by atoms with E-state index in [4.69, 9.17) is 4.74 Å². The third kappa shape index (κ3) is 3.89. The zero-order chi connectivity index (χ0) is 19.7. The number of carbonyl (C=O) groups is 1. The maximum atomic E-state index is 13.0. The molecule has 0 amide bonds. The van der Waals surface area contributed by atoms with Gasteiger partial charge in [-0.25, -0.2) is 0 Å². The SMILES string of the molecule is C/C(=C(/O)C1(OC=O)CCC(C(F)(F)F)CC1)c1c(C)cc(C)cc1C. The van der Waals surface area contributed by atoms with Crippen molar-refractivity contribution in [2.75, 3.05) is 0 Å². The van der Waals surface area contributed by atoms with Crippen LogP contribution in [0.3, 0.4) is 0 Å². The lowest BCUT2D eigenvalue weighted by atomic mass is 9.75. The Kier molecular flexibility index (Phi) is 5.73. The molecule has 0 heterocycles. The van der Waals surface area contributed by atoms with E-state index in [1.807, 2.05) is 32.9 Å². The molecule has 2 rings (SSSR count). The standard InChI is InChI=1S/C20H25F3O3/c1-12-9-13(2)17(14(3)10-12)15(4)18(25)19(26-11-24)7-5-16(6-8-19)20(21,22)23/h9-11,16,25H,5-8H2,1-4H3/b18-15-. The minimum absolute atomic E-state index is 0.0525. The normalized spacial score (nSPS) is 24.8. The first-order valence-corrected chi connectivity index (χ1v) is 8.68. The van der Waals surface area contributed by atoms with Gasteiger partial charge < -0.3 is 9.84 Å². The van der Waals surface area contributed by atoms with E-state index in [0.29, 0.717) is 5.57 Å². The van der Waals surface area contributed by atoms with Crippen molar-refractivity contribution in [2.24, 2.45) is 5.92 Å². The number of aryl methyl sites for hydroxylation is 3. The summed E-state index contributed by atoms with van der Waals surface area (Å²) in [5.74, 6) is -1.58. The summed E-state index contributed by atoms with van der Waals surface area (Å²) in [5, 5.41) is 10.9. The number of alkyl halides is 3. The van der Waals surface area contributed by atoms with Gasteiger partial charge in [0.15, 0.2) is 5.60 Å². The van der Waals surface area contributed by atoms with Crippen LogP contribution in [0.15, 0.2) is 17.9 Å². The van der Waals surface area contributed by atoms with Crippen molar-refractivity contribution in [1.82, 2.24) is 0 Å². The second-order valence-corrected chi connectivity index (χ2v) is 7.27. The second kappa shape index (κ2) is 7.33. The maximum Gasteiger partial charge on any atom is 0.391 e. The van der Waals surface area contributed by atoms with Crippen molar-refractivity contribution in [3.05, 3.63) is 40.1 Å². The van der Waals surface area contributed by atoms with Crippen LogP contribution in [0.4, 0.5) is 13.2 Å². The van der Waals surface area contributed by atoms with Crippen molar-refractivity contribution in [1.29, 1.82) is 0 Å². The molecule has 0 aliphatic heterocycles. The summed E-state index contributed by atoms with van der Waals surface area (Å²) < 4.78 is 44.1. The molecule has 1 aromatic rings. The number of allylic oxidation sites excluding steroid dienone is 1. The number of hydrogen-bond donors (Lipinski definition) is 1. The molecular weight excluding hydrogens is 345 g/mol. The Morgan fingerprint density at radius 2 is 1.69 bits per heavy atom. The fourth-order valence-electron chi connectivity index (χ4n) is 4.15. The molecule has 0 aromatic heterocycles. The molecule has 0 radical (unpaired) electrons. The van der Waals surface area contributed by atoms with E-state index in [1.54, 1.807) is 6.92 Å². The van der Waals surface area contributed by atoms with Gasteiger partial charge in [-0.2, -0.15) is 13.2 Å². The van der Waals surface area contributed by atoms with E-state index in [1.165, 1.54) is 0 Å². The highest BCUT2D eigenvalue weighted by Gasteiger charge is 2.49. The third-order valence-electron chi connectivity index (χ3n) is 5.37. The van der Waals surface area contributed by atoms with Gasteiger partial charge >= 0.3 is 6.18 Å². The van der Waals surface area contributed by atoms with Crippen LogP contribution in [-0.2, 0) is 9.53 Å². The fourth-order valence-corrected chi connectivity index (χ4v) is 4.15. The van der Waals surface area contributed by atoms with Crippen molar-refractivity contribution in [3.63, 3.8) is 0 Å². The molecular formula is C20H25F3O3. The molecule has 0 unspecified atom stereocenters. The van der Waals surface area contributed by atoms with E-state index in [0.717, 1.165) is 22.3 Å². The maximum absolute atomic E-state index is 13.0. The van der Waals surface area contributed by atoms with Crippen molar-refractivity contribution in [3.8, 4) is 0 Å². The van der Waals surface area contributed by atoms with Crippen molar-refractivity contribution >= 4 is 12.0 Å². The molecule has 144 valence electrons. The van der Waals surface area contributed by atoms with Gasteiger partial charge in [0, 0.05) is 0 Å². The molecule has 3 nitrogen and oxygen atoms in total. The average molecular weight is 370 g/mol. The van der Waals surface area contributed by atoms with Gasteiger partial charge in [-0.15, -0.1) is 0 Å². The molecule has 0 spiro atoms. The zero-order valence-corrected chi connectivity index (χ0v) is 15.5. The van der Waals surface area contributed by atoms with Crippen molar-refractivity contribution < 1.29 is 27.8 Å². The summed E-state index contributed by atoms with van der Waals surface area (Å²) in [7, 11) is 0. The topological polar surface area (TPSA) is 46.5 Å². The van der Waals surface area contributed by atoms with E-state index in [-0.39, 0.29) is 37.9 Å². The molecule has 0 saturated heterocycles. The number of aliphatic hydroxyl groups excluding tert-OH is 1. The summed E-state index contributed by atoms with van der Waals surface area (Å²) in [6, 6.07) is 3.96. The summed E-state index contributed by atoms with van der Waals surface area (Å²) in [6.07, 6.45) is -4.74. The molecule has 1 N–H and O–H groups in total. The lowest BCUT2D eigenvalue weighted by molar-refractivity contribution is -0.194. The van der Waals surface area contributed by atoms with Crippen LogP contribution in [0.5, 0.6) is 0 Å². The molecule has 1 aromatic carbocycles. The molecule has 1 aliphatic carbocycles. The Morgan fingerprint density at radius 3 is 2.12 bits per heavy atom. The summed E-state index contributed by atoms with van der Waals surface area (Å²) in [6.45, 7) is 7.73. The van der Waals surface area contributed by atoms with Gasteiger partial charge in [-0.3, -0.25) is 4.79 Å². The minimum atomic E-state index is -4.27. The Bertz CT molecular complexity index is 688. The highest BCUT2D eigenvalue weighted by Crippen LogP contribution is 2.46. The molecule has 1 fully saturated rings. The quantitative estimate of drug-likeness (QED) is 0.557. The van der Waals surface area contributed by atoms with Crippen LogP contribution in [0.1, 0.15) is 54.9 Å². The first-order valence-electron chi connectivity index (χ1n) is 8.68. The van der Waals surface area contributed by atoms with Crippen LogP contribution >= 0.6 is 0 Å². The predicted molar refractivity (Wildman–Crippen MR) is 93.8 cm³/mol. The zero-order valence-electron chi connectivity index (χ0n) is 15.5. The number of halogens is 3. The Balaban J connectivity index is 2.44. The Morgan fingerprint density at radius 1 is 1.19 bits per heavy atom. The summed E-state index contributed by atoms with van der Waals surface area (Å²) >= 11 is 0. The van der Waals surface area contributed by atoms with E-state index in [9.17, 15) is 23.1 Å². The molecule has 1 aliphatic rings. The predicted octanol–water partition coefficient (Wildman–Crippen LogP) is 5.57. The van der Waals surface area contributed by atoms with Gasteiger partial charge in [-0.1, -0.05) is 17.7 Å². The van der Waals surface area contributed by atoms with Crippen LogP contribution in [0, 0.1) is 26.7 Å². The van der Waals surface area contributed by atoms with Crippen molar-refractivity contribution in [2.45, 2.75) is 65.2 Å². The van der Waals surface area contributed by atoms with Crippen LogP contribution < -0.4 is 0 Å². The van der Waals surface area contributed by atoms with Gasteiger partial charge in [0.25, 0.3) is 6.47 Å². The Labute approximate surface area is 151 Å². The highest BCUT2D eigenvalue weighted by atomic mass is 19.4. The molecule has 1 saturated carbocycles. The summed E-state index contributed by atoms with van der Waals surface area (Å²) in [5.41, 5.74) is 2.97. The number of ether oxygens (including phenoxy) is 1. The Hall–Kier alpha value is -1.98. The molecule has 0 atom stereocenters. The third-order valence-corrected chi connectivity index (χ3v) is 5.37. The van der Waals surface area contributed by atoms with Crippen LogP contribution in [0.25, 0.3) is 5.57 Å².